The SMILES string of the molecule is CCCCCCCCCCCCCCCC(=O)C[C@@H](CCSC)C(=O)NCC(=O)C[C@@H](Cc1ccc(O)cc1)C(=O)N[C@@H](CCC(N)=O)C(=O)C[C@@H](CCCCN)C(=O)N[C@@H](CCCCN)C(=O)C[C@@H](CC(C)C)C(=O)N[C@@H](C)C(=O)C[C@@H](CO)C(=O)N[C@@H](CCSC)C(=O)C[C@H](C(=O)N[C@@H](CC(=O)O)C(N)=O)[C@@H](C)O. The van der Waals surface area contributed by atoms with Gasteiger partial charge in [0, 0.05) is 75.0 Å². The van der Waals surface area contributed by atoms with Crippen LogP contribution in [0.15, 0.2) is 24.3 Å². The molecule has 0 aromatic heterocycles. The number of carboxylic acid groups (broad SMARTS) is 1. The van der Waals surface area contributed by atoms with Gasteiger partial charge in [-0.1, -0.05) is 116 Å². The molecular formula is C80H134N10O19S2. The number of Topliss-reactive ketones (excluding diaryl/α,β-unsaturated/α-hetero) is 6. The molecule has 0 saturated heterocycles. The van der Waals surface area contributed by atoms with Gasteiger partial charge in [-0.2, -0.15) is 23.5 Å². The van der Waals surface area contributed by atoms with Crippen LogP contribution in [0.5, 0.6) is 5.75 Å². The molecule has 0 fully saturated rings. The summed E-state index contributed by atoms with van der Waals surface area (Å²) < 4.78 is 0. The van der Waals surface area contributed by atoms with E-state index in [0.717, 1.165) is 25.7 Å². The minimum atomic E-state index is -1.67. The maximum Gasteiger partial charge on any atom is 0.305 e. The minimum Gasteiger partial charge on any atom is -0.508 e. The molecule has 1 aromatic carbocycles. The van der Waals surface area contributed by atoms with Crippen molar-refractivity contribution in [1.29, 1.82) is 0 Å². The topological polar surface area (TPSA) is 513 Å². The summed E-state index contributed by atoms with van der Waals surface area (Å²) in [5.74, 6) is -17.8. The zero-order valence-electron chi connectivity index (χ0n) is 66.9. The summed E-state index contributed by atoms with van der Waals surface area (Å²) in [7, 11) is 0. The Morgan fingerprint density at radius 1 is 0.450 bits per heavy atom. The number of aliphatic carboxylic acids is 1. The molecule has 0 radical (unpaired) electrons. The zero-order chi connectivity index (χ0) is 83.4. The molecule has 18 N–H and O–H groups in total. The normalized spacial score (nSPS) is 14.6. The van der Waals surface area contributed by atoms with Crippen LogP contribution in [0.25, 0.3) is 0 Å². The van der Waals surface area contributed by atoms with Crippen LogP contribution in [0, 0.1) is 41.4 Å². The Bertz CT molecular complexity index is 3050. The first-order valence-electron chi connectivity index (χ1n) is 39.9. The highest BCUT2D eigenvalue weighted by Crippen LogP contribution is 2.25. The Kier molecular flexibility index (Phi) is 54.6. The van der Waals surface area contributed by atoms with Gasteiger partial charge in [0.05, 0.1) is 61.7 Å². The van der Waals surface area contributed by atoms with E-state index in [1.54, 1.807) is 32.2 Å². The first-order valence-corrected chi connectivity index (χ1v) is 42.7. The molecule has 0 aliphatic carbocycles. The Morgan fingerprint density at radius 3 is 1.42 bits per heavy atom. The number of unbranched alkanes of at least 4 members (excludes halogenated alkanes) is 14. The number of hydrogen-bond acceptors (Lipinski definition) is 22. The third-order valence-corrected chi connectivity index (χ3v) is 21.1. The number of aliphatic hydroxyl groups excluding tert-OH is 2. The van der Waals surface area contributed by atoms with E-state index >= 15 is 0 Å². The van der Waals surface area contributed by atoms with Crippen LogP contribution in [0.3, 0.4) is 0 Å². The molecule has 0 unspecified atom stereocenters. The van der Waals surface area contributed by atoms with E-state index in [9.17, 15) is 92.3 Å². The minimum absolute atomic E-state index is 0.00140. The second-order valence-corrected chi connectivity index (χ2v) is 32.0. The Hall–Kier alpha value is -7.19. The molecule has 29 nitrogen and oxygen atoms in total. The van der Waals surface area contributed by atoms with Gasteiger partial charge < -0.3 is 75.3 Å². The van der Waals surface area contributed by atoms with Crippen LogP contribution in [0.1, 0.15) is 246 Å². The number of carboxylic acids is 1. The molecule has 0 aliphatic rings. The molecule has 0 spiro atoms. The number of primary amides is 2. The first kappa shape index (κ1) is 102. The third kappa shape index (κ3) is 45.3. The van der Waals surface area contributed by atoms with Crippen LogP contribution in [-0.4, -0.2) is 195 Å². The fourth-order valence-electron chi connectivity index (χ4n) is 13.1. The van der Waals surface area contributed by atoms with Crippen molar-refractivity contribution >= 4 is 111 Å². The number of nitrogens with one attached hydrogen (secondary N) is 6. The quantitative estimate of drug-likeness (QED) is 0.0341. The molecule has 0 aliphatic heterocycles. The molecule has 0 saturated carbocycles. The van der Waals surface area contributed by atoms with Gasteiger partial charge in [0.25, 0.3) is 0 Å². The summed E-state index contributed by atoms with van der Waals surface area (Å²) in [4.78, 5) is 204. The molecule has 31 heteroatoms. The zero-order valence-corrected chi connectivity index (χ0v) is 68.6. The largest absolute Gasteiger partial charge is 0.508 e. The molecule has 111 heavy (non-hydrogen) atoms. The van der Waals surface area contributed by atoms with E-state index in [4.69, 9.17) is 22.9 Å². The van der Waals surface area contributed by atoms with Gasteiger partial charge in [-0.05, 0) is 145 Å². The maximum absolute atomic E-state index is 14.7. The maximum atomic E-state index is 14.7. The average molecular weight is 1600 g/mol. The summed E-state index contributed by atoms with van der Waals surface area (Å²) in [5, 5.41) is 55.8. The van der Waals surface area contributed by atoms with Crippen molar-refractivity contribution in [1.82, 2.24) is 31.9 Å². The molecule has 8 amide bonds. The Morgan fingerprint density at radius 2 is 0.910 bits per heavy atom. The second-order valence-electron chi connectivity index (χ2n) is 30.0. The molecule has 630 valence electrons. The molecular weight excluding hydrogens is 1470 g/mol. The van der Waals surface area contributed by atoms with Gasteiger partial charge in [-0.25, -0.2) is 0 Å². The average Bonchev–Trinajstić information content (AvgIpc) is 0.831. The number of carbonyl (C=O) groups excluding carboxylic acids is 14. The summed E-state index contributed by atoms with van der Waals surface area (Å²) >= 11 is 2.83. The highest BCUT2D eigenvalue weighted by Gasteiger charge is 2.38. The molecule has 12 atom stereocenters. The number of carbonyl (C=O) groups is 15. The van der Waals surface area contributed by atoms with Crippen molar-refractivity contribution in [3.63, 3.8) is 0 Å². The number of amides is 8. The molecule has 0 bridgehead atoms. The number of phenolic OH excluding ortho intramolecular Hbond substituents is 1. The lowest BCUT2D eigenvalue weighted by Crippen LogP contribution is -2.51. The fourth-order valence-corrected chi connectivity index (χ4v) is 14.0. The van der Waals surface area contributed by atoms with E-state index in [2.05, 4.69) is 38.8 Å². The van der Waals surface area contributed by atoms with Gasteiger partial charge in [-0.3, -0.25) is 71.9 Å². The van der Waals surface area contributed by atoms with Gasteiger partial charge in [0.1, 0.15) is 17.6 Å². The number of ketones is 6. The Labute approximate surface area is 665 Å². The van der Waals surface area contributed by atoms with Crippen molar-refractivity contribution in [3.05, 3.63) is 29.8 Å². The van der Waals surface area contributed by atoms with Crippen LogP contribution in [0.4, 0.5) is 0 Å². The molecule has 1 aromatic rings. The Balaban J connectivity index is 3.42. The third-order valence-electron chi connectivity index (χ3n) is 19.8. The van der Waals surface area contributed by atoms with Gasteiger partial charge in [-0.15, -0.1) is 0 Å². The predicted octanol–water partition coefficient (Wildman–Crippen LogP) is 5.84. The first-order chi connectivity index (χ1) is 52.7. The number of rotatable bonds is 69. The van der Waals surface area contributed by atoms with E-state index in [0.29, 0.717) is 55.6 Å². The lowest BCUT2D eigenvalue weighted by molar-refractivity contribution is -0.141. The van der Waals surface area contributed by atoms with E-state index in [1.165, 1.54) is 107 Å². The standard InChI is InChI=1S/C80H134N10O19S2/c1-8-9-10-11-12-13-14-15-16-17-18-19-20-26-61(94)42-56(34-38-110-6)75(104)85-49-62(95)43-58(41-54-28-30-60(93)31-29-54)78(107)88-65(32-33-72(83)100)69(97)44-55(25-21-23-36-81)76(105)87-64(27-22-24-37-82)70(98)45-57(40-51(2)3)77(106)86-52(4)68(96)46-59(50-91)79(108)89-66(35-39-111-7)71(99)47-63(53(5)92)80(109)90-67(74(84)103)48-73(101)102/h28-31,51-53,55-59,63-67,91-93H,8-27,32-50,81-82H2,1-7H3,(H2,83,100)(H2,84,103)(H,85,104)(H,86,106)(H,87,105)(H,88,107)(H,89,108)(H,90,109)(H,101,102)/t52-,53+,55+,56+,57+,58+,59-,63-,64-,65-,66-,67-/m0/s1. The van der Waals surface area contributed by atoms with Crippen LogP contribution >= 0.6 is 23.5 Å². The highest BCUT2D eigenvalue weighted by molar-refractivity contribution is 7.98. The number of aliphatic hydroxyl groups is 2. The number of phenols is 1. The van der Waals surface area contributed by atoms with E-state index < -0.39 is 206 Å². The van der Waals surface area contributed by atoms with Crippen molar-refractivity contribution in [2.24, 2.45) is 64.4 Å². The van der Waals surface area contributed by atoms with Crippen molar-refractivity contribution in [2.45, 2.75) is 283 Å². The summed E-state index contributed by atoms with van der Waals surface area (Å²) in [6.45, 7) is 7.46. The monoisotopic (exact) mass is 1600 g/mol. The lowest BCUT2D eigenvalue weighted by atomic mass is 9.87. The van der Waals surface area contributed by atoms with Gasteiger partial charge in [0.2, 0.25) is 47.3 Å². The number of benzene rings is 1. The van der Waals surface area contributed by atoms with Gasteiger partial charge >= 0.3 is 5.97 Å². The van der Waals surface area contributed by atoms with Crippen molar-refractivity contribution < 1.29 is 92.3 Å². The highest BCUT2D eigenvalue weighted by atomic mass is 32.2. The second kappa shape index (κ2) is 59.5. The summed E-state index contributed by atoms with van der Waals surface area (Å²) in [6, 6.07) is -1.02. The fraction of sp³-hybridized carbons (Fsp3) is 0.738. The summed E-state index contributed by atoms with van der Waals surface area (Å²) in [5.41, 5.74) is 23.1. The number of aromatic hydroxyl groups is 1. The predicted molar refractivity (Wildman–Crippen MR) is 429 cm³/mol. The van der Waals surface area contributed by atoms with Crippen LogP contribution in [0.2, 0.25) is 0 Å². The molecule has 1 rings (SSSR count). The van der Waals surface area contributed by atoms with Crippen LogP contribution < -0.4 is 54.8 Å². The van der Waals surface area contributed by atoms with Crippen LogP contribution in [-0.2, 0) is 78.3 Å². The van der Waals surface area contributed by atoms with E-state index in [1.807, 2.05) is 6.26 Å². The number of nitrogens with two attached hydrogens (primary N) is 4. The number of hydrogen-bond donors (Lipinski definition) is 14. The van der Waals surface area contributed by atoms with Gasteiger partial charge in [0.15, 0.2) is 28.9 Å². The lowest BCUT2D eigenvalue weighted by Gasteiger charge is -2.27. The smallest absolute Gasteiger partial charge is 0.305 e. The number of thioether (sulfide) groups is 2. The van der Waals surface area contributed by atoms with Crippen molar-refractivity contribution in [3.8, 4) is 5.75 Å². The van der Waals surface area contributed by atoms with E-state index in [-0.39, 0.29) is 81.9 Å². The van der Waals surface area contributed by atoms with Crippen molar-refractivity contribution in [2.75, 3.05) is 50.3 Å². The summed E-state index contributed by atoms with van der Waals surface area (Å²) in [6.07, 6.45) is 15.6. The molecule has 0 heterocycles.